The summed E-state index contributed by atoms with van der Waals surface area (Å²) in [5.41, 5.74) is 0.282. The number of benzene rings is 3. The van der Waals surface area contributed by atoms with Crippen molar-refractivity contribution in [3.63, 3.8) is 0 Å². The van der Waals surface area contributed by atoms with Crippen molar-refractivity contribution in [1.29, 1.82) is 0 Å². The fourth-order valence-corrected chi connectivity index (χ4v) is 5.89. The van der Waals surface area contributed by atoms with Gasteiger partial charge in [0, 0.05) is 18.7 Å². The summed E-state index contributed by atoms with van der Waals surface area (Å²) >= 11 is 0. The van der Waals surface area contributed by atoms with Gasteiger partial charge in [-0.3, -0.25) is 9.36 Å². The number of carbonyl (C=O) groups is 1. The van der Waals surface area contributed by atoms with Gasteiger partial charge in [-0.2, -0.15) is 4.98 Å². The molecular formula is C33H35N3O8. The Morgan fingerprint density at radius 3 is 1.93 bits per heavy atom. The SMILES string of the molecule is COc1ccc(C(c2ccccc2)(c2ccc(OC)cc2)C(O)[C@H]2O[C@@H](n3cc(C)c(NC(C)=O)nc3=O)[C@H](O)[C@@H]2O)cc1. The predicted octanol–water partition coefficient (Wildman–Crippen LogP) is 2.54. The van der Waals surface area contributed by atoms with Crippen LogP contribution in [-0.4, -0.2) is 69.4 Å². The number of carbonyl (C=O) groups excluding carboxylic acids is 1. The molecule has 5 rings (SSSR count). The second kappa shape index (κ2) is 12.6. The Morgan fingerprint density at radius 1 is 0.909 bits per heavy atom. The summed E-state index contributed by atoms with van der Waals surface area (Å²) in [4.78, 5) is 28.5. The number of nitrogens with zero attached hydrogens (tertiary/aromatic N) is 2. The third-order valence-electron chi connectivity index (χ3n) is 8.05. The van der Waals surface area contributed by atoms with Crippen molar-refractivity contribution in [2.75, 3.05) is 19.5 Å². The summed E-state index contributed by atoms with van der Waals surface area (Å²) in [7, 11) is 3.12. The molecule has 4 N–H and O–H groups in total. The number of nitrogens with one attached hydrogen (secondary N) is 1. The lowest BCUT2D eigenvalue weighted by Crippen LogP contribution is -2.52. The lowest BCUT2D eigenvalue weighted by atomic mass is 9.64. The molecule has 5 atom stereocenters. The minimum absolute atomic E-state index is 0.0745. The van der Waals surface area contributed by atoms with Gasteiger partial charge >= 0.3 is 5.69 Å². The highest BCUT2D eigenvalue weighted by molar-refractivity contribution is 5.88. The Morgan fingerprint density at radius 2 is 1.43 bits per heavy atom. The second-order valence-electron chi connectivity index (χ2n) is 10.7. The highest BCUT2D eigenvalue weighted by Crippen LogP contribution is 2.47. The van der Waals surface area contributed by atoms with Crippen LogP contribution < -0.4 is 20.5 Å². The molecule has 0 aliphatic carbocycles. The topological polar surface area (TPSA) is 152 Å². The van der Waals surface area contributed by atoms with Crippen molar-refractivity contribution in [3.05, 3.63) is 118 Å². The number of ether oxygens (including phenoxy) is 3. The van der Waals surface area contributed by atoms with E-state index in [1.807, 2.05) is 54.6 Å². The quantitative estimate of drug-likeness (QED) is 0.212. The van der Waals surface area contributed by atoms with Crippen LogP contribution in [0.1, 0.15) is 35.4 Å². The number of anilines is 1. The molecule has 0 spiro atoms. The highest BCUT2D eigenvalue weighted by atomic mass is 16.6. The van der Waals surface area contributed by atoms with Gasteiger partial charge in [0.2, 0.25) is 5.91 Å². The summed E-state index contributed by atoms with van der Waals surface area (Å²) in [6.45, 7) is 2.93. The summed E-state index contributed by atoms with van der Waals surface area (Å²) < 4.78 is 18.0. The van der Waals surface area contributed by atoms with Crippen LogP contribution in [0.4, 0.5) is 5.82 Å². The summed E-state index contributed by atoms with van der Waals surface area (Å²) in [5.74, 6) is 0.892. The number of amides is 1. The number of aliphatic hydroxyl groups excluding tert-OH is 3. The van der Waals surface area contributed by atoms with Crippen LogP contribution >= 0.6 is 0 Å². The standard InChI is InChI=1S/C33H35N3O8/c1-19-18-36(32(41)35-30(19)34-20(2)37)31-27(39)26(38)28(44-31)29(40)33(21-8-6-5-7-9-21,22-10-14-24(42-3)15-11-22)23-12-16-25(43-4)17-13-23/h5-18,26-29,31,38-40H,1-4H3,(H,34,35,37,41)/t26-,27+,28-,29?,31+/m0/s1. The zero-order valence-corrected chi connectivity index (χ0v) is 24.7. The van der Waals surface area contributed by atoms with Crippen LogP contribution in [0.2, 0.25) is 0 Å². The number of hydrogen-bond acceptors (Lipinski definition) is 9. The van der Waals surface area contributed by atoms with Gasteiger partial charge in [-0.15, -0.1) is 0 Å². The van der Waals surface area contributed by atoms with Crippen LogP contribution in [0, 0.1) is 6.92 Å². The van der Waals surface area contributed by atoms with E-state index in [1.54, 1.807) is 45.4 Å². The maximum absolute atomic E-state index is 13.0. The van der Waals surface area contributed by atoms with Gasteiger partial charge in [0.15, 0.2) is 6.23 Å². The number of hydrogen-bond donors (Lipinski definition) is 4. The van der Waals surface area contributed by atoms with E-state index in [9.17, 15) is 24.9 Å². The average molecular weight is 602 g/mol. The van der Waals surface area contributed by atoms with E-state index in [2.05, 4.69) is 10.3 Å². The molecule has 1 amide bonds. The van der Waals surface area contributed by atoms with Gasteiger partial charge in [0.25, 0.3) is 0 Å². The molecule has 1 unspecified atom stereocenters. The molecule has 0 saturated carbocycles. The number of aliphatic hydroxyl groups is 3. The van der Waals surface area contributed by atoms with E-state index in [-0.39, 0.29) is 5.82 Å². The zero-order chi connectivity index (χ0) is 31.6. The van der Waals surface area contributed by atoms with E-state index in [0.29, 0.717) is 33.8 Å². The van der Waals surface area contributed by atoms with Gasteiger partial charge in [-0.05, 0) is 47.9 Å². The van der Waals surface area contributed by atoms with Gasteiger partial charge < -0.3 is 34.8 Å². The Hall–Kier alpha value is -4.55. The van der Waals surface area contributed by atoms with Gasteiger partial charge in [0.05, 0.1) is 19.6 Å². The fraction of sp³-hybridized carbons (Fsp3) is 0.303. The normalized spacial score (nSPS) is 20.6. The molecule has 1 aliphatic heterocycles. The Bertz CT molecular complexity index is 1610. The first-order chi connectivity index (χ1) is 21.1. The molecule has 1 aliphatic rings. The third-order valence-corrected chi connectivity index (χ3v) is 8.05. The largest absolute Gasteiger partial charge is 0.497 e. The molecule has 11 heteroatoms. The minimum atomic E-state index is -1.60. The smallest absolute Gasteiger partial charge is 0.351 e. The van der Waals surface area contributed by atoms with Crippen LogP contribution in [-0.2, 0) is 14.9 Å². The number of methoxy groups -OCH3 is 2. The van der Waals surface area contributed by atoms with E-state index >= 15 is 0 Å². The summed E-state index contributed by atoms with van der Waals surface area (Å²) in [6, 6.07) is 23.7. The van der Waals surface area contributed by atoms with Crippen molar-refractivity contribution in [1.82, 2.24) is 9.55 Å². The molecule has 0 bridgehead atoms. The van der Waals surface area contributed by atoms with Gasteiger partial charge in [0.1, 0.15) is 41.7 Å². The van der Waals surface area contributed by atoms with Crippen LogP contribution in [0.15, 0.2) is 89.9 Å². The molecule has 3 aromatic carbocycles. The Kier molecular flexibility index (Phi) is 8.84. The predicted molar refractivity (Wildman–Crippen MR) is 162 cm³/mol. The monoisotopic (exact) mass is 601 g/mol. The van der Waals surface area contributed by atoms with Crippen LogP contribution in [0.3, 0.4) is 0 Å². The second-order valence-corrected chi connectivity index (χ2v) is 10.7. The fourth-order valence-electron chi connectivity index (χ4n) is 5.89. The summed E-state index contributed by atoms with van der Waals surface area (Å²) in [6.07, 6.45) is -6.06. The molecule has 230 valence electrons. The minimum Gasteiger partial charge on any atom is -0.497 e. The number of aryl methyl sites for hydroxylation is 1. The van der Waals surface area contributed by atoms with Crippen molar-refractivity contribution >= 4 is 11.7 Å². The molecule has 1 aromatic heterocycles. The highest BCUT2D eigenvalue weighted by Gasteiger charge is 2.55. The molecule has 4 aromatic rings. The lowest BCUT2D eigenvalue weighted by molar-refractivity contribution is -0.114. The zero-order valence-electron chi connectivity index (χ0n) is 24.7. The van der Waals surface area contributed by atoms with Gasteiger partial charge in [-0.25, -0.2) is 4.79 Å². The summed E-state index contributed by atoms with van der Waals surface area (Å²) in [5, 5.41) is 37.6. The van der Waals surface area contributed by atoms with Crippen LogP contribution in [0.25, 0.3) is 0 Å². The average Bonchev–Trinajstić information content (AvgIpc) is 3.33. The lowest BCUT2D eigenvalue weighted by Gasteiger charge is -2.42. The molecule has 44 heavy (non-hydrogen) atoms. The Balaban J connectivity index is 1.66. The van der Waals surface area contributed by atoms with E-state index in [0.717, 1.165) is 4.57 Å². The number of rotatable bonds is 9. The van der Waals surface area contributed by atoms with E-state index in [1.165, 1.54) is 13.1 Å². The molecule has 2 heterocycles. The first-order valence-electron chi connectivity index (χ1n) is 14.0. The van der Waals surface area contributed by atoms with Crippen molar-refractivity contribution < 1.29 is 34.3 Å². The Labute approximate surface area is 254 Å². The molecule has 0 radical (unpaired) electrons. The number of aromatic nitrogens is 2. The maximum atomic E-state index is 13.0. The first-order valence-corrected chi connectivity index (χ1v) is 14.0. The van der Waals surface area contributed by atoms with Gasteiger partial charge in [-0.1, -0.05) is 54.6 Å². The molecular weight excluding hydrogens is 566 g/mol. The molecule has 1 saturated heterocycles. The molecule has 1 fully saturated rings. The van der Waals surface area contributed by atoms with E-state index in [4.69, 9.17) is 14.2 Å². The first kappa shape index (κ1) is 30.9. The van der Waals surface area contributed by atoms with Crippen molar-refractivity contribution in [3.8, 4) is 11.5 Å². The van der Waals surface area contributed by atoms with Crippen molar-refractivity contribution in [2.45, 2.75) is 49.9 Å². The van der Waals surface area contributed by atoms with Crippen molar-refractivity contribution in [2.24, 2.45) is 0 Å². The molecule has 11 nitrogen and oxygen atoms in total. The maximum Gasteiger partial charge on any atom is 0.351 e. The van der Waals surface area contributed by atoms with E-state index < -0.39 is 47.7 Å². The van der Waals surface area contributed by atoms with Crippen LogP contribution in [0.5, 0.6) is 11.5 Å². The third kappa shape index (κ3) is 5.46.